The zero-order chi connectivity index (χ0) is 14.9. The van der Waals surface area contributed by atoms with Crippen molar-refractivity contribution >= 4 is 11.7 Å². The van der Waals surface area contributed by atoms with Crippen molar-refractivity contribution in [2.45, 2.75) is 13.3 Å². The van der Waals surface area contributed by atoms with Gasteiger partial charge in [0.15, 0.2) is 5.69 Å². The van der Waals surface area contributed by atoms with E-state index in [-0.39, 0.29) is 11.7 Å². The molecular formula is C13H20N4O3. The fourth-order valence-electron chi connectivity index (χ4n) is 2.70. The Morgan fingerprint density at radius 3 is 2.80 bits per heavy atom. The smallest absolute Gasteiger partial charge is 0.323 e. The molecule has 1 aromatic heterocycles. The summed E-state index contributed by atoms with van der Waals surface area (Å²) in [5.41, 5.74) is 6.09. The fourth-order valence-corrected chi connectivity index (χ4v) is 2.70. The number of likely N-dealkylation sites (tertiary alicyclic amines) is 1. The van der Waals surface area contributed by atoms with E-state index in [1.54, 1.807) is 11.9 Å². The third-order valence-corrected chi connectivity index (χ3v) is 4.21. The molecule has 0 aliphatic carbocycles. The largest absolute Gasteiger partial charge is 0.358 e. The average Bonchev–Trinajstić information content (AvgIpc) is 2.80. The predicted octanol–water partition coefficient (Wildman–Crippen LogP) is 0.990. The maximum atomic E-state index is 12.5. The molecular weight excluding hydrogens is 260 g/mol. The first kappa shape index (κ1) is 14.5. The summed E-state index contributed by atoms with van der Waals surface area (Å²) in [6, 6.07) is 2.87. The molecule has 1 aliphatic rings. The van der Waals surface area contributed by atoms with Crippen LogP contribution in [0, 0.1) is 22.0 Å². The molecule has 2 heterocycles. The molecule has 110 valence electrons. The van der Waals surface area contributed by atoms with Crippen LogP contribution in [0.2, 0.25) is 0 Å². The number of carbonyl (C=O) groups excluding carboxylic acids is 1. The molecule has 7 heteroatoms. The summed E-state index contributed by atoms with van der Waals surface area (Å²) in [5.74, 6) is 0.565. The monoisotopic (exact) mass is 280 g/mol. The van der Waals surface area contributed by atoms with Crippen LogP contribution in [0.25, 0.3) is 0 Å². The van der Waals surface area contributed by atoms with Crippen LogP contribution >= 0.6 is 0 Å². The van der Waals surface area contributed by atoms with E-state index in [4.69, 9.17) is 5.73 Å². The SMILES string of the molecule is CC1CCN(C(=O)c2ccc([N+](=O)[O-])n2C)CC1CN. The van der Waals surface area contributed by atoms with Gasteiger partial charge in [0.2, 0.25) is 0 Å². The molecule has 0 aromatic carbocycles. The third kappa shape index (κ3) is 2.53. The minimum atomic E-state index is -0.488. The summed E-state index contributed by atoms with van der Waals surface area (Å²) in [5, 5.41) is 10.8. The van der Waals surface area contributed by atoms with Crippen LogP contribution in [0.15, 0.2) is 12.1 Å². The topological polar surface area (TPSA) is 94.4 Å². The van der Waals surface area contributed by atoms with Crippen LogP contribution in [0.1, 0.15) is 23.8 Å². The van der Waals surface area contributed by atoms with E-state index in [9.17, 15) is 14.9 Å². The maximum absolute atomic E-state index is 12.5. The van der Waals surface area contributed by atoms with Crippen molar-refractivity contribution in [1.29, 1.82) is 0 Å². The van der Waals surface area contributed by atoms with Gasteiger partial charge in [0.05, 0.1) is 7.05 Å². The Morgan fingerprint density at radius 1 is 1.55 bits per heavy atom. The van der Waals surface area contributed by atoms with E-state index in [1.807, 2.05) is 0 Å². The van der Waals surface area contributed by atoms with E-state index in [2.05, 4.69) is 6.92 Å². The minimum absolute atomic E-state index is 0.0749. The molecule has 1 saturated heterocycles. The van der Waals surface area contributed by atoms with Crippen LogP contribution < -0.4 is 5.73 Å². The first-order chi connectivity index (χ1) is 9.45. The second-order valence-corrected chi connectivity index (χ2v) is 5.41. The van der Waals surface area contributed by atoms with Gasteiger partial charge in [0.1, 0.15) is 0 Å². The van der Waals surface area contributed by atoms with Crippen LogP contribution in [-0.4, -0.2) is 39.9 Å². The summed E-state index contributed by atoms with van der Waals surface area (Å²) in [4.78, 5) is 24.5. The van der Waals surface area contributed by atoms with Crippen molar-refractivity contribution in [2.24, 2.45) is 24.6 Å². The van der Waals surface area contributed by atoms with Gasteiger partial charge in [-0.2, -0.15) is 0 Å². The Labute approximate surface area is 117 Å². The standard InChI is InChI=1S/C13H20N4O3/c1-9-5-6-16(8-10(9)7-14)13(18)11-3-4-12(15(11)2)17(19)20/h3-4,9-10H,5-8,14H2,1-2H3. The van der Waals surface area contributed by atoms with E-state index < -0.39 is 4.92 Å². The van der Waals surface area contributed by atoms with Gasteiger partial charge >= 0.3 is 5.82 Å². The van der Waals surface area contributed by atoms with Crippen LogP contribution in [0.5, 0.6) is 0 Å². The number of aromatic nitrogens is 1. The van der Waals surface area contributed by atoms with Gasteiger partial charge in [-0.15, -0.1) is 0 Å². The highest BCUT2D eigenvalue weighted by molar-refractivity contribution is 5.93. The lowest BCUT2D eigenvalue weighted by molar-refractivity contribution is -0.391. The van der Waals surface area contributed by atoms with E-state index >= 15 is 0 Å². The molecule has 0 saturated carbocycles. The van der Waals surface area contributed by atoms with Gasteiger partial charge in [-0.05, 0) is 35.8 Å². The number of carbonyl (C=O) groups is 1. The lowest BCUT2D eigenvalue weighted by Crippen LogP contribution is -2.45. The number of hydrogen-bond acceptors (Lipinski definition) is 4. The lowest BCUT2D eigenvalue weighted by atomic mass is 9.87. The molecule has 1 fully saturated rings. The first-order valence-corrected chi connectivity index (χ1v) is 6.75. The summed E-state index contributed by atoms with van der Waals surface area (Å²) >= 11 is 0. The van der Waals surface area contributed by atoms with Crippen molar-refractivity contribution in [3.8, 4) is 0 Å². The number of hydrogen-bond donors (Lipinski definition) is 1. The van der Waals surface area contributed by atoms with Crippen molar-refractivity contribution in [2.75, 3.05) is 19.6 Å². The number of amides is 1. The average molecular weight is 280 g/mol. The summed E-state index contributed by atoms with van der Waals surface area (Å²) < 4.78 is 1.33. The number of rotatable bonds is 3. The number of nitrogens with two attached hydrogens (primary N) is 1. The minimum Gasteiger partial charge on any atom is -0.358 e. The molecule has 7 nitrogen and oxygen atoms in total. The Kier molecular flexibility index (Phi) is 4.08. The quantitative estimate of drug-likeness (QED) is 0.660. The third-order valence-electron chi connectivity index (χ3n) is 4.21. The zero-order valence-electron chi connectivity index (χ0n) is 11.8. The molecule has 20 heavy (non-hydrogen) atoms. The highest BCUT2D eigenvalue weighted by Gasteiger charge is 2.31. The summed E-state index contributed by atoms with van der Waals surface area (Å²) in [6.45, 7) is 4.00. The number of nitrogens with zero attached hydrogens (tertiary/aromatic N) is 3. The molecule has 0 radical (unpaired) electrons. The summed E-state index contributed by atoms with van der Waals surface area (Å²) in [7, 11) is 1.54. The fraction of sp³-hybridized carbons (Fsp3) is 0.615. The van der Waals surface area contributed by atoms with Crippen LogP contribution in [0.3, 0.4) is 0 Å². The Balaban J connectivity index is 2.18. The van der Waals surface area contributed by atoms with Crippen molar-refractivity contribution in [1.82, 2.24) is 9.47 Å². The van der Waals surface area contributed by atoms with Gasteiger partial charge in [0, 0.05) is 19.2 Å². The van der Waals surface area contributed by atoms with Gasteiger partial charge in [-0.1, -0.05) is 6.92 Å². The molecule has 2 rings (SSSR count). The Morgan fingerprint density at radius 2 is 2.25 bits per heavy atom. The zero-order valence-corrected chi connectivity index (χ0v) is 11.8. The van der Waals surface area contributed by atoms with Crippen molar-refractivity contribution in [3.63, 3.8) is 0 Å². The normalized spacial score (nSPS) is 22.9. The van der Waals surface area contributed by atoms with E-state index in [0.29, 0.717) is 37.2 Å². The van der Waals surface area contributed by atoms with Crippen LogP contribution in [0.4, 0.5) is 5.82 Å². The first-order valence-electron chi connectivity index (χ1n) is 6.75. The molecule has 1 amide bonds. The highest BCUT2D eigenvalue weighted by atomic mass is 16.6. The highest BCUT2D eigenvalue weighted by Crippen LogP contribution is 2.24. The molecule has 0 bridgehead atoms. The molecule has 2 unspecified atom stereocenters. The molecule has 1 aromatic rings. The predicted molar refractivity (Wildman–Crippen MR) is 74.3 cm³/mol. The lowest BCUT2D eigenvalue weighted by Gasteiger charge is -2.36. The number of piperidine rings is 1. The van der Waals surface area contributed by atoms with Gasteiger partial charge in [-0.3, -0.25) is 4.79 Å². The molecule has 2 N–H and O–H groups in total. The van der Waals surface area contributed by atoms with Gasteiger partial charge < -0.3 is 20.7 Å². The van der Waals surface area contributed by atoms with Gasteiger partial charge in [-0.25, -0.2) is 4.57 Å². The Hall–Kier alpha value is -1.89. The van der Waals surface area contributed by atoms with Crippen LogP contribution in [-0.2, 0) is 7.05 Å². The second kappa shape index (κ2) is 5.62. The van der Waals surface area contributed by atoms with Gasteiger partial charge in [0.25, 0.3) is 5.91 Å². The Bertz CT molecular complexity index is 526. The number of nitro groups is 1. The van der Waals surface area contributed by atoms with E-state index in [1.165, 1.54) is 16.7 Å². The summed E-state index contributed by atoms with van der Waals surface area (Å²) in [6.07, 6.45) is 0.917. The maximum Gasteiger partial charge on any atom is 0.323 e. The molecule has 0 spiro atoms. The van der Waals surface area contributed by atoms with E-state index in [0.717, 1.165) is 6.42 Å². The molecule has 2 atom stereocenters. The second-order valence-electron chi connectivity index (χ2n) is 5.41. The molecule has 1 aliphatic heterocycles. The van der Waals surface area contributed by atoms with Crippen molar-refractivity contribution < 1.29 is 9.72 Å². The van der Waals surface area contributed by atoms with Crippen molar-refractivity contribution in [3.05, 3.63) is 27.9 Å².